The maximum atomic E-state index is 13.3. The second-order valence-corrected chi connectivity index (χ2v) is 10.8. The number of aromatic nitrogens is 1. The predicted octanol–water partition coefficient (Wildman–Crippen LogP) is 3.88. The highest BCUT2D eigenvalue weighted by atomic mass is 32.2. The molecule has 0 aliphatic carbocycles. The van der Waals surface area contributed by atoms with Gasteiger partial charge in [-0.05, 0) is 29.8 Å². The summed E-state index contributed by atoms with van der Waals surface area (Å²) in [7, 11) is -3.71. The molecular formula is C20H22N2O3S2. The molecule has 0 bridgehead atoms. The van der Waals surface area contributed by atoms with Gasteiger partial charge in [-0.25, -0.2) is 13.4 Å². The Hall–Kier alpha value is -1.96. The number of para-hydroxylation sites is 1. The van der Waals surface area contributed by atoms with Crippen LogP contribution in [0.3, 0.4) is 0 Å². The molecule has 2 aromatic carbocycles. The maximum Gasteiger partial charge on any atom is 0.264 e. The molecule has 4 rings (SSSR count). The van der Waals surface area contributed by atoms with Gasteiger partial charge in [0.25, 0.3) is 10.0 Å². The number of sulfonamides is 1. The molecule has 0 amide bonds. The van der Waals surface area contributed by atoms with Crippen LogP contribution < -0.4 is 4.31 Å². The van der Waals surface area contributed by atoms with Crippen molar-refractivity contribution in [3.63, 3.8) is 0 Å². The number of aliphatic hydroxyl groups excluding tert-OH is 1. The second-order valence-electron chi connectivity index (χ2n) is 7.87. The molecule has 1 aliphatic rings. The zero-order valence-electron chi connectivity index (χ0n) is 15.5. The molecule has 0 spiro atoms. The van der Waals surface area contributed by atoms with E-state index in [1.54, 1.807) is 24.3 Å². The van der Waals surface area contributed by atoms with Gasteiger partial charge in [-0.3, -0.25) is 4.31 Å². The van der Waals surface area contributed by atoms with Crippen LogP contribution in [0.4, 0.5) is 5.69 Å². The zero-order valence-corrected chi connectivity index (χ0v) is 17.1. The summed E-state index contributed by atoms with van der Waals surface area (Å²) in [5.74, 6) is -0.199. The third-order valence-corrected chi connectivity index (χ3v) is 8.06. The third-order valence-electron chi connectivity index (χ3n) is 4.84. The van der Waals surface area contributed by atoms with Gasteiger partial charge in [0, 0.05) is 17.9 Å². The first-order valence-electron chi connectivity index (χ1n) is 8.85. The van der Waals surface area contributed by atoms with Gasteiger partial charge in [0.05, 0.1) is 32.4 Å². The number of nitrogens with zero attached hydrogens (tertiary/aromatic N) is 2. The average Bonchev–Trinajstić information content (AvgIpc) is 3.22. The molecule has 1 aliphatic heterocycles. The quantitative estimate of drug-likeness (QED) is 0.722. The highest BCUT2D eigenvalue weighted by molar-refractivity contribution is 7.92. The van der Waals surface area contributed by atoms with E-state index in [1.165, 1.54) is 15.6 Å². The van der Waals surface area contributed by atoms with Crippen molar-refractivity contribution in [2.24, 2.45) is 0 Å². The second kappa shape index (κ2) is 6.29. The molecule has 1 aromatic heterocycles. The lowest BCUT2D eigenvalue weighted by molar-refractivity contribution is 0.272. The normalized spacial score (nSPS) is 17.5. The molecule has 1 N–H and O–H groups in total. The van der Waals surface area contributed by atoms with E-state index in [4.69, 9.17) is 0 Å². The van der Waals surface area contributed by atoms with Crippen molar-refractivity contribution in [1.29, 1.82) is 0 Å². The summed E-state index contributed by atoms with van der Waals surface area (Å²) in [4.78, 5) is 4.90. The van der Waals surface area contributed by atoms with Crippen LogP contribution in [0.2, 0.25) is 0 Å². The minimum absolute atomic E-state index is 0.0775. The number of hydrogen-bond acceptors (Lipinski definition) is 5. The van der Waals surface area contributed by atoms with Gasteiger partial charge in [0.1, 0.15) is 0 Å². The molecule has 5 nitrogen and oxygen atoms in total. The van der Waals surface area contributed by atoms with Gasteiger partial charge in [0.15, 0.2) is 0 Å². The monoisotopic (exact) mass is 402 g/mol. The number of thiazole rings is 1. The minimum Gasteiger partial charge on any atom is -0.396 e. The molecule has 7 heteroatoms. The van der Waals surface area contributed by atoms with Crippen molar-refractivity contribution < 1.29 is 13.5 Å². The molecule has 3 aromatic rings. The van der Waals surface area contributed by atoms with Crippen LogP contribution in [0.1, 0.15) is 37.3 Å². The number of anilines is 1. The highest BCUT2D eigenvalue weighted by Gasteiger charge is 2.36. The largest absolute Gasteiger partial charge is 0.396 e. The van der Waals surface area contributed by atoms with E-state index in [0.717, 1.165) is 20.8 Å². The summed E-state index contributed by atoms with van der Waals surface area (Å²) in [5, 5.41) is 10.6. The van der Waals surface area contributed by atoms with Crippen LogP contribution in [-0.2, 0) is 15.4 Å². The first kappa shape index (κ1) is 18.4. The van der Waals surface area contributed by atoms with Gasteiger partial charge < -0.3 is 5.11 Å². The van der Waals surface area contributed by atoms with E-state index in [0.29, 0.717) is 5.69 Å². The Kier molecular flexibility index (Phi) is 4.29. The molecule has 27 heavy (non-hydrogen) atoms. The minimum atomic E-state index is -3.71. The Morgan fingerprint density at radius 3 is 2.67 bits per heavy atom. The van der Waals surface area contributed by atoms with Crippen LogP contribution in [0.5, 0.6) is 0 Å². The van der Waals surface area contributed by atoms with E-state index in [2.05, 4.69) is 25.8 Å². The molecule has 2 heterocycles. The molecule has 0 fully saturated rings. The smallest absolute Gasteiger partial charge is 0.264 e. The fourth-order valence-corrected chi connectivity index (χ4v) is 6.05. The Bertz CT molecular complexity index is 1110. The molecule has 0 saturated carbocycles. The summed E-state index contributed by atoms with van der Waals surface area (Å²) < 4.78 is 28.9. The van der Waals surface area contributed by atoms with Crippen molar-refractivity contribution in [1.82, 2.24) is 4.98 Å². The number of rotatable bonds is 3. The van der Waals surface area contributed by atoms with Crippen molar-refractivity contribution in [3.05, 3.63) is 53.0 Å². The molecule has 0 saturated heterocycles. The Balaban J connectivity index is 1.79. The van der Waals surface area contributed by atoms with Gasteiger partial charge in [-0.2, -0.15) is 0 Å². The summed E-state index contributed by atoms with van der Waals surface area (Å²) in [6.07, 6.45) is 0. The summed E-state index contributed by atoms with van der Waals surface area (Å²) in [6.45, 7) is 6.47. The number of fused-ring (bicyclic) bond motifs is 2. The number of hydrogen-bond donors (Lipinski definition) is 1. The van der Waals surface area contributed by atoms with E-state index in [9.17, 15) is 13.5 Å². The maximum absolute atomic E-state index is 13.3. The summed E-state index contributed by atoms with van der Waals surface area (Å²) >= 11 is 1.53. The predicted molar refractivity (Wildman–Crippen MR) is 109 cm³/mol. The average molecular weight is 403 g/mol. The van der Waals surface area contributed by atoms with Crippen LogP contribution in [0, 0.1) is 0 Å². The number of aliphatic hydroxyl groups is 1. The van der Waals surface area contributed by atoms with Crippen molar-refractivity contribution in [2.75, 3.05) is 17.5 Å². The van der Waals surface area contributed by atoms with Gasteiger partial charge in [0.2, 0.25) is 0 Å². The molecule has 142 valence electrons. The van der Waals surface area contributed by atoms with Crippen LogP contribution in [-0.4, -0.2) is 31.7 Å². The Morgan fingerprint density at radius 1 is 1.22 bits per heavy atom. The Morgan fingerprint density at radius 2 is 1.96 bits per heavy atom. The first-order valence-corrected chi connectivity index (χ1v) is 11.1. The molecule has 1 unspecified atom stereocenters. The highest BCUT2D eigenvalue weighted by Crippen LogP contribution is 2.40. The Labute approximate surface area is 163 Å². The number of benzene rings is 2. The SMILES string of the molecule is CC(C)(C)c1nc2ccc(S(=O)(=O)N3CC(CO)c4ccccc43)cc2s1. The lowest BCUT2D eigenvalue weighted by Crippen LogP contribution is -2.30. The standard InChI is InChI=1S/C20H22N2O3S2/c1-20(2,3)19-21-16-9-8-14(10-18(16)26-19)27(24,25)22-11-13(12-23)15-6-4-5-7-17(15)22/h4-10,13,23H,11-12H2,1-3H3. The van der Waals surface area contributed by atoms with Crippen LogP contribution >= 0.6 is 11.3 Å². The lowest BCUT2D eigenvalue weighted by Gasteiger charge is -2.20. The van der Waals surface area contributed by atoms with Gasteiger partial charge in [-0.15, -0.1) is 11.3 Å². The van der Waals surface area contributed by atoms with Crippen molar-refractivity contribution in [3.8, 4) is 0 Å². The van der Waals surface area contributed by atoms with Gasteiger partial charge in [-0.1, -0.05) is 39.0 Å². The van der Waals surface area contributed by atoms with E-state index in [1.807, 2.05) is 18.2 Å². The first-order chi connectivity index (χ1) is 12.7. The van der Waals surface area contributed by atoms with Crippen molar-refractivity contribution >= 4 is 37.3 Å². The van der Waals surface area contributed by atoms with E-state index >= 15 is 0 Å². The summed E-state index contributed by atoms with van der Waals surface area (Å²) in [5.41, 5.74) is 2.26. The molecule has 1 atom stereocenters. The molecule has 0 radical (unpaired) electrons. The topological polar surface area (TPSA) is 70.5 Å². The van der Waals surface area contributed by atoms with Crippen LogP contribution in [0.15, 0.2) is 47.4 Å². The van der Waals surface area contributed by atoms with Crippen molar-refractivity contribution in [2.45, 2.75) is 37.0 Å². The zero-order chi connectivity index (χ0) is 19.4. The molecular weight excluding hydrogens is 380 g/mol. The van der Waals surface area contributed by atoms with E-state index < -0.39 is 10.0 Å². The fourth-order valence-electron chi connectivity index (χ4n) is 3.35. The fraction of sp³-hybridized carbons (Fsp3) is 0.350. The summed E-state index contributed by atoms with van der Waals surface area (Å²) in [6, 6.07) is 12.5. The van der Waals surface area contributed by atoms with Gasteiger partial charge >= 0.3 is 0 Å². The lowest BCUT2D eigenvalue weighted by atomic mass is 9.98. The third kappa shape index (κ3) is 3.03. The van der Waals surface area contributed by atoms with Crippen LogP contribution in [0.25, 0.3) is 10.2 Å². The van der Waals surface area contributed by atoms with E-state index in [-0.39, 0.29) is 29.4 Å².